The number of fused-ring (bicyclic) bond motifs is 1. The van der Waals surface area contributed by atoms with Gasteiger partial charge in [0, 0.05) is 17.9 Å². The van der Waals surface area contributed by atoms with E-state index in [-0.39, 0.29) is 11.7 Å². The monoisotopic (exact) mass is 282 g/mol. The summed E-state index contributed by atoms with van der Waals surface area (Å²) in [5, 5.41) is 0. The van der Waals surface area contributed by atoms with Crippen LogP contribution in [-0.4, -0.2) is 20.0 Å². The van der Waals surface area contributed by atoms with Gasteiger partial charge in [0.2, 0.25) is 0 Å². The third kappa shape index (κ3) is 2.40. The highest BCUT2D eigenvalue weighted by Crippen LogP contribution is 2.39. The zero-order chi connectivity index (χ0) is 14.8. The minimum Gasteiger partial charge on any atom is -0.493 e. The maximum absolute atomic E-state index is 12.0. The van der Waals surface area contributed by atoms with Gasteiger partial charge in [0.1, 0.15) is 0 Å². The number of hydrogen-bond donors (Lipinski definition) is 0. The molecule has 0 saturated heterocycles. The smallest absolute Gasteiger partial charge is 0.163 e. The van der Waals surface area contributed by atoms with Gasteiger partial charge in [-0.25, -0.2) is 0 Å². The van der Waals surface area contributed by atoms with Crippen molar-refractivity contribution in [2.24, 2.45) is 0 Å². The Labute approximate surface area is 124 Å². The van der Waals surface area contributed by atoms with E-state index < -0.39 is 0 Å². The number of hydrogen-bond acceptors (Lipinski definition) is 3. The van der Waals surface area contributed by atoms with E-state index in [9.17, 15) is 4.79 Å². The Balaban J connectivity index is 2.05. The SMILES string of the molecule is COc1ccc(C2CCC(=O)c3ccccc32)cc1OC. The van der Waals surface area contributed by atoms with Crippen molar-refractivity contribution >= 4 is 5.78 Å². The Kier molecular flexibility index (Phi) is 3.65. The fourth-order valence-corrected chi connectivity index (χ4v) is 3.04. The fraction of sp³-hybridized carbons (Fsp3) is 0.278. The lowest BCUT2D eigenvalue weighted by Gasteiger charge is -2.25. The Morgan fingerprint density at radius 1 is 1.00 bits per heavy atom. The van der Waals surface area contributed by atoms with Gasteiger partial charge in [-0.1, -0.05) is 30.3 Å². The molecule has 0 saturated carbocycles. The molecule has 0 amide bonds. The van der Waals surface area contributed by atoms with Crippen LogP contribution < -0.4 is 9.47 Å². The maximum Gasteiger partial charge on any atom is 0.163 e. The van der Waals surface area contributed by atoms with Crippen molar-refractivity contribution in [2.45, 2.75) is 18.8 Å². The van der Waals surface area contributed by atoms with Crippen LogP contribution in [-0.2, 0) is 0 Å². The first-order valence-corrected chi connectivity index (χ1v) is 7.08. The fourth-order valence-electron chi connectivity index (χ4n) is 3.04. The zero-order valence-electron chi connectivity index (χ0n) is 12.3. The van der Waals surface area contributed by atoms with E-state index in [4.69, 9.17) is 9.47 Å². The lowest BCUT2D eigenvalue weighted by atomic mass is 9.78. The standard InChI is InChI=1S/C18H18O3/c1-20-17-10-7-12(11-18(17)21-2)13-8-9-16(19)15-6-4-3-5-14(13)15/h3-7,10-11,13H,8-9H2,1-2H3. The van der Waals surface area contributed by atoms with Crippen molar-refractivity contribution in [1.29, 1.82) is 0 Å². The predicted molar refractivity (Wildman–Crippen MR) is 81.4 cm³/mol. The average molecular weight is 282 g/mol. The van der Waals surface area contributed by atoms with E-state index >= 15 is 0 Å². The lowest BCUT2D eigenvalue weighted by Crippen LogP contribution is -2.16. The molecule has 2 aromatic rings. The van der Waals surface area contributed by atoms with Gasteiger partial charge in [0.15, 0.2) is 17.3 Å². The Bertz CT molecular complexity index is 676. The molecule has 3 nitrogen and oxygen atoms in total. The molecule has 0 heterocycles. The van der Waals surface area contributed by atoms with Crippen LogP contribution in [0.1, 0.15) is 40.2 Å². The van der Waals surface area contributed by atoms with Gasteiger partial charge < -0.3 is 9.47 Å². The molecular formula is C18H18O3. The highest BCUT2D eigenvalue weighted by molar-refractivity contribution is 5.99. The van der Waals surface area contributed by atoms with Crippen LogP contribution in [0.3, 0.4) is 0 Å². The first-order chi connectivity index (χ1) is 10.2. The average Bonchev–Trinajstić information content (AvgIpc) is 2.55. The van der Waals surface area contributed by atoms with Crippen LogP contribution in [0.15, 0.2) is 42.5 Å². The second-order valence-electron chi connectivity index (χ2n) is 5.22. The van der Waals surface area contributed by atoms with Crippen LogP contribution in [0.2, 0.25) is 0 Å². The minimum absolute atomic E-state index is 0.235. The van der Waals surface area contributed by atoms with E-state index in [0.29, 0.717) is 6.42 Å². The highest BCUT2D eigenvalue weighted by Gasteiger charge is 2.26. The van der Waals surface area contributed by atoms with Crippen molar-refractivity contribution in [3.8, 4) is 11.5 Å². The zero-order valence-corrected chi connectivity index (χ0v) is 12.3. The normalized spacial score (nSPS) is 17.2. The molecule has 1 atom stereocenters. The molecule has 0 aliphatic heterocycles. The summed E-state index contributed by atoms with van der Waals surface area (Å²) in [5.41, 5.74) is 3.12. The molecule has 3 heteroatoms. The van der Waals surface area contributed by atoms with Gasteiger partial charge in [-0.05, 0) is 29.7 Å². The molecule has 0 bridgehead atoms. The third-order valence-electron chi connectivity index (χ3n) is 4.11. The summed E-state index contributed by atoms with van der Waals surface area (Å²) in [5.74, 6) is 1.92. The van der Waals surface area contributed by atoms with Crippen LogP contribution in [0, 0.1) is 0 Å². The number of ketones is 1. The summed E-state index contributed by atoms with van der Waals surface area (Å²) >= 11 is 0. The third-order valence-corrected chi connectivity index (χ3v) is 4.11. The number of carbonyl (C=O) groups excluding carboxylic acids is 1. The maximum atomic E-state index is 12.0. The van der Waals surface area contributed by atoms with Crippen molar-refractivity contribution in [2.75, 3.05) is 14.2 Å². The Morgan fingerprint density at radius 3 is 2.52 bits per heavy atom. The summed E-state index contributed by atoms with van der Waals surface area (Å²) < 4.78 is 10.7. The van der Waals surface area contributed by atoms with Gasteiger partial charge in [0.25, 0.3) is 0 Å². The van der Waals surface area contributed by atoms with E-state index in [0.717, 1.165) is 34.6 Å². The second kappa shape index (κ2) is 5.60. The molecule has 1 unspecified atom stereocenters. The predicted octanol–water partition coefficient (Wildman–Crippen LogP) is 3.81. The molecule has 3 rings (SSSR count). The first kappa shape index (κ1) is 13.7. The summed E-state index contributed by atoms with van der Waals surface area (Å²) in [4.78, 5) is 12.0. The van der Waals surface area contributed by atoms with E-state index in [2.05, 4.69) is 6.07 Å². The molecule has 0 spiro atoms. The van der Waals surface area contributed by atoms with Gasteiger partial charge in [-0.15, -0.1) is 0 Å². The largest absolute Gasteiger partial charge is 0.493 e. The minimum atomic E-state index is 0.235. The van der Waals surface area contributed by atoms with Gasteiger partial charge in [-0.3, -0.25) is 4.79 Å². The van der Waals surface area contributed by atoms with Gasteiger partial charge in [0.05, 0.1) is 14.2 Å². The van der Waals surface area contributed by atoms with Crippen LogP contribution >= 0.6 is 0 Å². The number of Topliss-reactive ketones (excluding diaryl/α,β-unsaturated/α-hetero) is 1. The van der Waals surface area contributed by atoms with Crippen molar-refractivity contribution in [1.82, 2.24) is 0 Å². The van der Waals surface area contributed by atoms with Crippen molar-refractivity contribution in [3.05, 3.63) is 59.2 Å². The molecule has 0 aromatic heterocycles. The van der Waals surface area contributed by atoms with Crippen molar-refractivity contribution < 1.29 is 14.3 Å². The number of rotatable bonds is 3. The topological polar surface area (TPSA) is 35.5 Å². The number of carbonyl (C=O) groups is 1. The van der Waals surface area contributed by atoms with Crippen molar-refractivity contribution in [3.63, 3.8) is 0 Å². The molecule has 0 fully saturated rings. The molecule has 0 N–H and O–H groups in total. The molecule has 108 valence electrons. The number of benzene rings is 2. The summed E-state index contributed by atoms with van der Waals surface area (Å²) in [6.45, 7) is 0. The first-order valence-electron chi connectivity index (χ1n) is 7.08. The van der Waals surface area contributed by atoms with E-state index in [1.807, 2.05) is 36.4 Å². The molecule has 1 aliphatic rings. The molecule has 21 heavy (non-hydrogen) atoms. The van der Waals surface area contributed by atoms with E-state index in [1.54, 1.807) is 14.2 Å². The summed E-state index contributed by atoms with van der Waals surface area (Å²) in [7, 11) is 3.27. The Hall–Kier alpha value is -2.29. The van der Waals surface area contributed by atoms with Crippen LogP contribution in [0.25, 0.3) is 0 Å². The number of ether oxygens (including phenoxy) is 2. The molecular weight excluding hydrogens is 264 g/mol. The van der Waals surface area contributed by atoms with Gasteiger partial charge >= 0.3 is 0 Å². The molecule has 0 radical (unpaired) electrons. The van der Waals surface area contributed by atoms with E-state index in [1.165, 1.54) is 0 Å². The summed E-state index contributed by atoms with van der Waals surface area (Å²) in [6, 6.07) is 13.9. The Morgan fingerprint density at radius 2 is 1.76 bits per heavy atom. The molecule has 2 aromatic carbocycles. The molecule has 1 aliphatic carbocycles. The highest BCUT2D eigenvalue weighted by atomic mass is 16.5. The lowest BCUT2D eigenvalue weighted by molar-refractivity contribution is 0.0969. The number of methoxy groups -OCH3 is 2. The van der Waals surface area contributed by atoms with Crippen LogP contribution in [0.5, 0.6) is 11.5 Å². The van der Waals surface area contributed by atoms with Crippen LogP contribution in [0.4, 0.5) is 0 Å². The second-order valence-corrected chi connectivity index (χ2v) is 5.22. The quantitative estimate of drug-likeness (QED) is 0.858. The van der Waals surface area contributed by atoms with Gasteiger partial charge in [-0.2, -0.15) is 0 Å². The summed E-state index contributed by atoms with van der Waals surface area (Å²) in [6.07, 6.45) is 1.43.